The molecule has 0 saturated carbocycles. The lowest BCUT2D eigenvalue weighted by Gasteiger charge is -2.30. The number of piperidine rings is 1. The zero-order chi connectivity index (χ0) is 19.5. The summed E-state index contributed by atoms with van der Waals surface area (Å²) in [7, 11) is 0. The maximum atomic E-state index is 12.8. The number of carbonyl (C=O) groups excluding carboxylic acids is 2. The van der Waals surface area contributed by atoms with E-state index in [2.05, 4.69) is 15.2 Å². The molecule has 0 radical (unpaired) electrons. The Morgan fingerprint density at radius 3 is 2.68 bits per heavy atom. The zero-order valence-electron chi connectivity index (χ0n) is 15.2. The van der Waals surface area contributed by atoms with Crippen LogP contribution >= 0.6 is 22.7 Å². The number of hydrogen-bond donors (Lipinski definition) is 2. The van der Waals surface area contributed by atoms with Crippen LogP contribution in [0.3, 0.4) is 0 Å². The molecule has 1 saturated heterocycles. The van der Waals surface area contributed by atoms with Crippen molar-refractivity contribution in [3.05, 3.63) is 52.3 Å². The van der Waals surface area contributed by atoms with E-state index in [9.17, 15) is 9.59 Å². The lowest BCUT2D eigenvalue weighted by Crippen LogP contribution is -2.30. The monoisotopic (exact) mass is 412 g/mol. The number of aromatic nitrogens is 1. The summed E-state index contributed by atoms with van der Waals surface area (Å²) in [4.78, 5) is 32.6. The maximum absolute atomic E-state index is 12.8. The number of nitrogens with two attached hydrogens (primary N) is 1. The van der Waals surface area contributed by atoms with Gasteiger partial charge in [0.25, 0.3) is 5.91 Å². The fourth-order valence-corrected chi connectivity index (χ4v) is 4.89. The first kappa shape index (κ1) is 18.6. The molecule has 3 N–H and O–H groups in total. The van der Waals surface area contributed by atoms with Crippen LogP contribution in [0, 0.1) is 0 Å². The molecule has 2 amide bonds. The first-order valence-corrected chi connectivity index (χ1v) is 10.8. The van der Waals surface area contributed by atoms with E-state index in [-0.39, 0.29) is 5.91 Å². The Bertz CT molecular complexity index is 992. The number of anilines is 2. The first-order chi connectivity index (χ1) is 13.6. The number of amides is 2. The Morgan fingerprint density at radius 1 is 1.14 bits per heavy atom. The van der Waals surface area contributed by atoms with E-state index < -0.39 is 5.91 Å². The van der Waals surface area contributed by atoms with Crippen molar-refractivity contribution >= 4 is 45.9 Å². The molecule has 1 aromatic carbocycles. The Kier molecular flexibility index (Phi) is 5.40. The molecule has 0 spiro atoms. The average Bonchev–Trinajstić information content (AvgIpc) is 3.40. The van der Waals surface area contributed by atoms with E-state index in [0.29, 0.717) is 16.1 Å². The number of nitrogens with zero attached hydrogens (tertiary/aromatic N) is 2. The van der Waals surface area contributed by atoms with Gasteiger partial charge in [0, 0.05) is 18.7 Å². The minimum atomic E-state index is -0.515. The minimum Gasteiger partial charge on any atom is -0.370 e. The van der Waals surface area contributed by atoms with Crippen LogP contribution in [0.15, 0.2) is 41.9 Å². The Labute approximate surface area is 171 Å². The summed E-state index contributed by atoms with van der Waals surface area (Å²) >= 11 is 2.94. The van der Waals surface area contributed by atoms with Gasteiger partial charge in [-0.2, -0.15) is 0 Å². The van der Waals surface area contributed by atoms with E-state index in [1.165, 1.54) is 17.8 Å². The van der Waals surface area contributed by atoms with Gasteiger partial charge in [0.2, 0.25) is 5.91 Å². The van der Waals surface area contributed by atoms with Gasteiger partial charge in [0.05, 0.1) is 22.4 Å². The molecule has 1 aliphatic rings. The molecule has 1 aliphatic heterocycles. The lowest BCUT2D eigenvalue weighted by molar-refractivity contribution is 0.0996. The predicted octanol–water partition coefficient (Wildman–Crippen LogP) is 4.21. The van der Waals surface area contributed by atoms with Gasteiger partial charge in [0.15, 0.2) is 0 Å². The van der Waals surface area contributed by atoms with E-state index >= 15 is 0 Å². The van der Waals surface area contributed by atoms with Crippen LogP contribution < -0.4 is 16.0 Å². The Morgan fingerprint density at radius 2 is 1.96 bits per heavy atom. The number of primary amides is 1. The van der Waals surface area contributed by atoms with Crippen LogP contribution in [-0.4, -0.2) is 29.9 Å². The van der Waals surface area contributed by atoms with Crippen molar-refractivity contribution in [2.75, 3.05) is 23.3 Å². The average molecular weight is 413 g/mol. The van der Waals surface area contributed by atoms with Gasteiger partial charge >= 0.3 is 0 Å². The molecule has 0 unspecified atom stereocenters. The van der Waals surface area contributed by atoms with Crippen molar-refractivity contribution in [3.63, 3.8) is 0 Å². The third-order valence-corrected chi connectivity index (χ3v) is 6.72. The molecule has 0 bridgehead atoms. The second-order valence-electron chi connectivity index (χ2n) is 6.60. The van der Waals surface area contributed by atoms with Crippen LogP contribution in [0.5, 0.6) is 0 Å². The molecule has 4 rings (SSSR count). The quantitative estimate of drug-likeness (QED) is 0.657. The van der Waals surface area contributed by atoms with Crippen LogP contribution in [-0.2, 0) is 0 Å². The van der Waals surface area contributed by atoms with Gasteiger partial charge < -0.3 is 16.0 Å². The third kappa shape index (κ3) is 3.93. The number of carbonyl (C=O) groups is 2. The standard InChI is InChI=1S/C20H20N4O2S2/c21-18(25)13-6-7-15(24-8-2-1-3-9-24)14(11-13)23-19(26)17-12-22-20(28-17)16-5-4-10-27-16/h4-7,10-12H,1-3,8-9H2,(H2,21,25)(H,23,26). The second kappa shape index (κ2) is 8.12. The van der Waals surface area contributed by atoms with Crippen LogP contribution in [0.2, 0.25) is 0 Å². The molecule has 6 nitrogen and oxygen atoms in total. The van der Waals surface area contributed by atoms with E-state index in [0.717, 1.165) is 41.5 Å². The van der Waals surface area contributed by atoms with Crippen molar-refractivity contribution in [1.29, 1.82) is 0 Å². The van der Waals surface area contributed by atoms with Gasteiger partial charge in [-0.05, 0) is 48.9 Å². The van der Waals surface area contributed by atoms with Crippen molar-refractivity contribution in [2.45, 2.75) is 19.3 Å². The molecule has 3 aromatic rings. The summed E-state index contributed by atoms with van der Waals surface area (Å²) in [5.41, 5.74) is 7.34. The molecule has 28 heavy (non-hydrogen) atoms. The van der Waals surface area contributed by atoms with E-state index in [1.54, 1.807) is 29.7 Å². The predicted molar refractivity (Wildman–Crippen MR) is 114 cm³/mol. The highest BCUT2D eigenvalue weighted by atomic mass is 32.1. The molecule has 144 valence electrons. The minimum absolute atomic E-state index is 0.236. The van der Waals surface area contributed by atoms with Crippen LogP contribution in [0.4, 0.5) is 11.4 Å². The van der Waals surface area contributed by atoms with Gasteiger partial charge in [-0.25, -0.2) is 4.98 Å². The number of hydrogen-bond acceptors (Lipinski definition) is 6. The fraction of sp³-hybridized carbons (Fsp3) is 0.250. The van der Waals surface area contributed by atoms with Crippen molar-refractivity contribution < 1.29 is 9.59 Å². The van der Waals surface area contributed by atoms with Gasteiger partial charge in [-0.3, -0.25) is 9.59 Å². The molecule has 0 aliphatic carbocycles. The number of thiophene rings is 1. The molecule has 0 atom stereocenters. The van der Waals surface area contributed by atoms with Gasteiger partial charge in [-0.15, -0.1) is 22.7 Å². The van der Waals surface area contributed by atoms with Gasteiger partial charge in [-0.1, -0.05) is 6.07 Å². The Hall–Kier alpha value is -2.71. The first-order valence-electron chi connectivity index (χ1n) is 9.11. The second-order valence-corrected chi connectivity index (χ2v) is 8.58. The number of thiazole rings is 1. The van der Waals surface area contributed by atoms with E-state index in [4.69, 9.17) is 5.73 Å². The summed E-state index contributed by atoms with van der Waals surface area (Å²) in [6.45, 7) is 1.86. The highest BCUT2D eigenvalue weighted by molar-refractivity contribution is 7.22. The largest absolute Gasteiger partial charge is 0.370 e. The van der Waals surface area contributed by atoms with E-state index in [1.807, 2.05) is 23.6 Å². The topological polar surface area (TPSA) is 88.3 Å². The summed E-state index contributed by atoms with van der Waals surface area (Å²) in [6.07, 6.45) is 5.03. The highest BCUT2D eigenvalue weighted by Crippen LogP contribution is 2.32. The van der Waals surface area contributed by atoms with Crippen LogP contribution in [0.25, 0.3) is 9.88 Å². The number of benzene rings is 1. The molecule has 1 fully saturated rings. The molecule has 3 heterocycles. The third-order valence-electron chi connectivity index (χ3n) is 4.69. The fourth-order valence-electron chi connectivity index (χ4n) is 3.28. The Balaban J connectivity index is 1.61. The normalized spacial score (nSPS) is 14.1. The summed E-state index contributed by atoms with van der Waals surface area (Å²) < 4.78 is 0. The smallest absolute Gasteiger partial charge is 0.267 e. The van der Waals surface area contributed by atoms with Crippen LogP contribution in [0.1, 0.15) is 39.3 Å². The number of rotatable bonds is 5. The molecule has 2 aromatic heterocycles. The molecular weight excluding hydrogens is 392 g/mol. The summed E-state index contributed by atoms with van der Waals surface area (Å²) in [6, 6.07) is 9.18. The van der Waals surface area contributed by atoms with Gasteiger partial charge in [0.1, 0.15) is 9.88 Å². The SMILES string of the molecule is NC(=O)c1ccc(N2CCCCC2)c(NC(=O)c2cnc(-c3cccs3)s2)c1. The lowest BCUT2D eigenvalue weighted by atomic mass is 10.1. The highest BCUT2D eigenvalue weighted by Gasteiger charge is 2.19. The van der Waals surface area contributed by atoms with Crippen molar-refractivity contribution in [1.82, 2.24) is 4.98 Å². The molecular formula is C20H20N4O2S2. The zero-order valence-corrected chi connectivity index (χ0v) is 16.8. The maximum Gasteiger partial charge on any atom is 0.267 e. The molecule has 8 heteroatoms. The number of nitrogens with one attached hydrogen (secondary N) is 1. The van der Waals surface area contributed by atoms with Crippen molar-refractivity contribution in [3.8, 4) is 9.88 Å². The summed E-state index contributed by atoms with van der Waals surface area (Å²) in [5, 5.41) is 5.77. The summed E-state index contributed by atoms with van der Waals surface area (Å²) in [5.74, 6) is -0.751. The van der Waals surface area contributed by atoms with Crippen molar-refractivity contribution in [2.24, 2.45) is 5.73 Å².